The summed E-state index contributed by atoms with van der Waals surface area (Å²) in [6.45, 7) is 6.81. The van der Waals surface area contributed by atoms with E-state index in [9.17, 15) is 9.59 Å². The molecule has 1 aromatic carbocycles. The first-order chi connectivity index (χ1) is 15.0. The van der Waals surface area contributed by atoms with Crippen LogP contribution >= 0.6 is 23.1 Å². The van der Waals surface area contributed by atoms with Crippen molar-refractivity contribution in [2.24, 2.45) is 5.92 Å². The summed E-state index contributed by atoms with van der Waals surface area (Å²) in [6, 6.07) is 11.4. The zero-order valence-electron chi connectivity index (χ0n) is 17.7. The minimum atomic E-state index is -0.0694. The summed E-state index contributed by atoms with van der Waals surface area (Å²) in [7, 11) is 0. The molecule has 0 radical (unpaired) electrons. The van der Waals surface area contributed by atoms with Crippen molar-refractivity contribution in [1.82, 2.24) is 24.5 Å². The second-order valence-corrected chi connectivity index (χ2v) is 9.79. The maximum Gasteiger partial charge on any atom is 0.262 e. The van der Waals surface area contributed by atoms with Crippen LogP contribution in [0.2, 0.25) is 0 Å². The van der Waals surface area contributed by atoms with Crippen LogP contribution in [0.1, 0.15) is 38.1 Å². The lowest BCUT2D eigenvalue weighted by atomic mass is 10.1. The number of nitrogens with zero attached hydrogens (tertiary/aromatic N) is 4. The maximum atomic E-state index is 13.1. The number of carbonyl (C=O) groups is 1. The van der Waals surface area contributed by atoms with Crippen molar-refractivity contribution in [2.45, 2.75) is 44.9 Å². The summed E-state index contributed by atoms with van der Waals surface area (Å²) in [5, 5.41) is 14.9. The number of benzene rings is 1. The highest BCUT2D eigenvalue weighted by atomic mass is 32.2. The quantitative estimate of drug-likeness (QED) is 0.404. The zero-order chi connectivity index (χ0) is 22.0. The molecular formula is C22H25N5O2S2. The Balaban J connectivity index is 1.63. The molecule has 4 rings (SSSR count). The molecule has 0 aliphatic heterocycles. The lowest BCUT2D eigenvalue weighted by molar-refractivity contribution is -0.119. The molecule has 3 heterocycles. The molecule has 0 aliphatic rings. The highest BCUT2D eigenvalue weighted by Crippen LogP contribution is 2.23. The van der Waals surface area contributed by atoms with Crippen LogP contribution in [0.5, 0.6) is 0 Å². The summed E-state index contributed by atoms with van der Waals surface area (Å²) >= 11 is 2.94. The van der Waals surface area contributed by atoms with Gasteiger partial charge in [0.2, 0.25) is 11.7 Å². The minimum absolute atomic E-state index is 0.0368. The van der Waals surface area contributed by atoms with Crippen LogP contribution in [0.15, 0.2) is 51.7 Å². The summed E-state index contributed by atoms with van der Waals surface area (Å²) in [5.41, 5.74) is 0.693. The smallest absolute Gasteiger partial charge is 0.262 e. The van der Waals surface area contributed by atoms with Gasteiger partial charge in [-0.1, -0.05) is 43.8 Å². The van der Waals surface area contributed by atoms with E-state index in [1.807, 2.05) is 53.1 Å². The van der Waals surface area contributed by atoms with Crippen molar-refractivity contribution < 1.29 is 4.79 Å². The standard InChI is InChI=1S/C22H25N5O2S2/c1-14(2)10-11-26-20(29)16-7-4-5-8-17(16)27-21(26)24-25-22(27)31-13-19(28)23-15(3)18-9-6-12-30-18/h4-9,12,14-15H,10-11,13H2,1-3H3,(H,23,28). The van der Waals surface area contributed by atoms with E-state index in [1.165, 1.54) is 11.8 Å². The molecule has 0 saturated carbocycles. The maximum absolute atomic E-state index is 13.1. The number of carbonyl (C=O) groups excluding carboxylic acids is 1. The Morgan fingerprint density at radius 2 is 1.97 bits per heavy atom. The van der Waals surface area contributed by atoms with E-state index in [2.05, 4.69) is 29.4 Å². The Morgan fingerprint density at radius 1 is 1.16 bits per heavy atom. The number of thioether (sulfide) groups is 1. The third-order valence-electron chi connectivity index (χ3n) is 5.09. The van der Waals surface area contributed by atoms with Gasteiger partial charge in [0.05, 0.1) is 22.7 Å². The van der Waals surface area contributed by atoms with Crippen molar-refractivity contribution in [3.8, 4) is 0 Å². The highest BCUT2D eigenvalue weighted by Gasteiger charge is 2.18. The number of rotatable bonds is 8. The molecule has 4 aromatic rings. The minimum Gasteiger partial charge on any atom is -0.348 e. The predicted molar refractivity (Wildman–Crippen MR) is 126 cm³/mol. The fraction of sp³-hybridized carbons (Fsp3) is 0.364. The van der Waals surface area contributed by atoms with Gasteiger partial charge in [0.25, 0.3) is 5.56 Å². The summed E-state index contributed by atoms with van der Waals surface area (Å²) in [4.78, 5) is 26.7. The van der Waals surface area contributed by atoms with Gasteiger partial charge in [-0.15, -0.1) is 21.5 Å². The molecule has 9 heteroatoms. The van der Waals surface area contributed by atoms with Crippen LogP contribution in [-0.2, 0) is 11.3 Å². The van der Waals surface area contributed by atoms with Gasteiger partial charge in [-0.25, -0.2) is 0 Å². The Kier molecular flexibility index (Phi) is 6.43. The molecule has 0 bridgehead atoms. The number of thiophene rings is 1. The molecule has 0 saturated heterocycles. The van der Waals surface area contributed by atoms with E-state index >= 15 is 0 Å². The third kappa shape index (κ3) is 4.52. The molecule has 31 heavy (non-hydrogen) atoms. The number of nitrogens with one attached hydrogen (secondary N) is 1. The molecule has 162 valence electrons. The number of hydrogen-bond donors (Lipinski definition) is 1. The van der Waals surface area contributed by atoms with E-state index in [4.69, 9.17) is 0 Å². The van der Waals surface area contributed by atoms with Gasteiger partial charge in [0.1, 0.15) is 0 Å². The van der Waals surface area contributed by atoms with E-state index in [0.717, 1.165) is 16.8 Å². The second kappa shape index (κ2) is 9.23. The van der Waals surface area contributed by atoms with Gasteiger partial charge in [0, 0.05) is 11.4 Å². The van der Waals surface area contributed by atoms with Crippen molar-refractivity contribution in [3.05, 3.63) is 57.0 Å². The van der Waals surface area contributed by atoms with Gasteiger partial charge >= 0.3 is 0 Å². The van der Waals surface area contributed by atoms with E-state index < -0.39 is 0 Å². The summed E-state index contributed by atoms with van der Waals surface area (Å²) < 4.78 is 3.58. The second-order valence-electron chi connectivity index (χ2n) is 7.87. The zero-order valence-corrected chi connectivity index (χ0v) is 19.4. The Bertz CT molecular complexity index is 1260. The normalized spacial score (nSPS) is 12.6. The average Bonchev–Trinajstić information content (AvgIpc) is 3.42. The van der Waals surface area contributed by atoms with Crippen LogP contribution in [0, 0.1) is 5.92 Å². The first kappa shape index (κ1) is 21.6. The monoisotopic (exact) mass is 455 g/mol. The topological polar surface area (TPSA) is 81.3 Å². The molecule has 0 spiro atoms. The van der Waals surface area contributed by atoms with Gasteiger partial charge < -0.3 is 5.32 Å². The number of para-hydroxylation sites is 1. The van der Waals surface area contributed by atoms with Crippen LogP contribution in [0.4, 0.5) is 0 Å². The Labute approximate surface area is 188 Å². The number of amides is 1. The molecule has 1 amide bonds. The predicted octanol–water partition coefficient (Wildman–Crippen LogP) is 4.12. The van der Waals surface area contributed by atoms with Gasteiger partial charge in [0.15, 0.2) is 5.16 Å². The molecule has 0 fully saturated rings. The van der Waals surface area contributed by atoms with Gasteiger partial charge in [-0.2, -0.15) is 0 Å². The molecule has 1 unspecified atom stereocenters. The molecule has 7 nitrogen and oxygen atoms in total. The van der Waals surface area contributed by atoms with E-state index in [1.54, 1.807) is 15.9 Å². The van der Waals surface area contributed by atoms with E-state index in [-0.39, 0.29) is 23.3 Å². The lowest BCUT2D eigenvalue weighted by Gasteiger charge is -2.13. The number of fused-ring (bicyclic) bond motifs is 3. The third-order valence-corrected chi connectivity index (χ3v) is 7.07. The van der Waals surface area contributed by atoms with Gasteiger partial charge in [-0.05, 0) is 42.8 Å². The van der Waals surface area contributed by atoms with Crippen LogP contribution in [0.3, 0.4) is 0 Å². The van der Waals surface area contributed by atoms with Crippen LogP contribution in [-0.4, -0.2) is 30.8 Å². The van der Waals surface area contributed by atoms with Crippen molar-refractivity contribution in [2.75, 3.05) is 5.75 Å². The average molecular weight is 456 g/mol. The fourth-order valence-electron chi connectivity index (χ4n) is 3.44. The fourth-order valence-corrected chi connectivity index (χ4v) is 4.92. The molecular weight excluding hydrogens is 430 g/mol. The first-order valence-corrected chi connectivity index (χ1v) is 12.1. The molecule has 1 atom stereocenters. The van der Waals surface area contributed by atoms with Crippen molar-refractivity contribution in [3.63, 3.8) is 0 Å². The van der Waals surface area contributed by atoms with Crippen LogP contribution < -0.4 is 10.9 Å². The molecule has 3 aromatic heterocycles. The molecule has 0 aliphatic carbocycles. The number of aromatic nitrogens is 4. The SMILES string of the molecule is CC(C)CCn1c(=O)c2ccccc2n2c(SCC(=O)NC(C)c3cccs3)nnc12. The number of aryl methyl sites for hydroxylation is 1. The Morgan fingerprint density at radius 3 is 2.71 bits per heavy atom. The van der Waals surface area contributed by atoms with E-state index in [0.29, 0.717) is 28.8 Å². The van der Waals surface area contributed by atoms with Crippen LogP contribution in [0.25, 0.3) is 16.7 Å². The highest BCUT2D eigenvalue weighted by molar-refractivity contribution is 7.99. The van der Waals surface area contributed by atoms with Gasteiger partial charge in [-0.3, -0.25) is 18.6 Å². The number of hydrogen-bond acceptors (Lipinski definition) is 6. The molecule has 1 N–H and O–H groups in total. The largest absolute Gasteiger partial charge is 0.348 e. The lowest BCUT2D eigenvalue weighted by Crippen LogP contribution is -2.27. The summed E-state index contributed by atoms with van der Waals surface area (Å²) in [6.07, 6.45) is 0.867. The van der Waals surface area contributed by atoms with Crippen molar-refractivity contribution in [1.29, 1.82) is 0 Å². The Hall–Kier alpha value is -2.65. The first-order valence-electron chi connectivity index (χ1n) is 10.3. The summed E-state index contributed by atoms with van der Waals surface area (Å²) in [5.74, 6) is 1.12. The van der Waals surface area contributed by atoms with Crippen molar-refractivity contribution >= 4 is 45.7 Å².